The summed E-state index contributed by atoms with van der Waals surface area (Å²) in [6.07, 6.45) is 0.974. The highest BCUT2D eigenvalue weighted by Gasteiger charge is 2.06. The molecule has 0 saturated heterocycles. The summed E-state index contributed by atoms with van der Waals surface area (Å²) in [5.41, 5.74) is 0.574. The van der Waals surface area contributed by atoms with E-state index in [1.807, 2.05) is 0 Å². The summed E-state index contributed by atoms with van der Waals surface area (Å²) in [5, 5.41) is 3.24. The third-order valence-electron chi connectivity index (χ3n) is 2.55. The van der Waals surface area contributed by atoms with Crippen LogP contribution in [0.1, 0.15) is 25.8 Å². The third kappa shape index (κ3) is 6.83. The van der Waals surface area contributed by atoms with Gasteiger partial charge in [0.15, 0.2) is 0 Å². The lowest BCUT2D eigenvalue weighted by molar-refractivity contribution is -0.118. The Kier molecular flexibility index (Phi) is 7.24. The van der Waals surface area contributed by atoms with Gasteiger partial charge < -0.3 is 5.32 Å². The highest BCUT2D eigenvalue weighted by molar-refractivity contribution is 7.99. The second-order valence-electron chi connectivity index (χ2n) is 4.76. The Labute approximate surface area is 123 Å². The Bertz CT molecular complexity index is 426. The molecule has 1 amide bonds. The number of rotatable bonds is 7. The van der Waals surface area contributed by atoms with Crippen molar-refractivity contribution in [3.05, 3.63) is 34.6 Å². The van der Waals surface area contributed by atoms with Crippen molar-refractivity contribution in [3.63, 3.8) is 0 Å². The van der Waals surface area contributed by atoms with Gasteiger partial charge in [-0.3, -0.25) is 4.79 Å². The van der Waals surface area contributed by atoms with Gasteiger partial charge >= 0.3 is 0 Å². The van der Waals surface area contributed by atoms with Crippen molar-refractivity contribution < 1.29 is 9.18 Å². The van der Waals surface area contributed by atoms with Crippen molar-refractivity contribution in [3.8, 4) is 0 Å². The van der Waals surface area contributed by atoms with Crippen molar-refractivity contribution in [2.75, 3.05) is 12.3 Å². The van der Waals surface area contributed by atoms with Crippen LogP contribution < -0.4 is 5.32 Å². The molecule has 0 radical (unpaired) electrons. The predicted molar refractivity (Wildman–Crippen MR) is 80.0 cm³/mol. The molecule has 0 fully saturated rings. The van der Waals surface area contributed by atoms with Gasteiger partial charge in [0.25, 0.3) is 0 Å². The van der Waals surface area contributed by atoms with Crippen molar-refractivity contribution in [2.24, 2.45) is 5.92 Å². The van der Waals surface area contributed by atoms with Crippen molar-refractivity contribution in [1.29, 1.82) is 0 Å². The monoisotopic (exact) mass is 303 g/mol. The van der Waals surface area contributed by atoms with Crippen LogP contribution in [0.3, 0.4) is 0 Å². The minimum Gasteiger partial charge on any atom is -0.355 e. The molecule has 0 unspecified atom stereocenters. The standard InChI is InChI=1S/C14H19ClFNOS/c1-10(2)5-6-17-14(18)9-19-8-11-3-4-12(15)7-13(11)16/h3-4,7,10H,5-6,8-9H2,1-2H3,(H,17,18). The molecular formula is C14H19ClFNOS. The van der Waals surface area contributed by atoms with E-state index in [0.29, 0.717) is 34.6 Å². The molecule has 0 aromatic heterocycles. The summed E-state index contributed by atoms with van der Waals surface area (Å²) in [6, 6.07) is 4.60. The maximum atomic E-state index is 13.5. The van der Waals surface area contributed by atoms with E-state index >= 15 is 0 Å². The number of amides is 1. The molecule has 2 nitrogen and oxygen atoms in total. The van der Waals surface area contributed by atoms with Gasteiger partial charge in [0, 0.05) is 17.3 Å². The van der Waals surface area contributed by atoms with Crippen molar-refractivity contribution in [2.45, 2.75) is 26.0 Å². The number of halogens is 2. The van der Waals surface area contributed by atoms with E-state index in [1.165, 1.54) is 17.8 Å². The highest BCUT2D eigenvalue weighted by Crippen LogP contribution is 2.19. The van der Waals surface area contributed by atoms with Crippen LogP contribution in [-0.2, 0) is 10.5 Å². The molecule has 1 N–H and O–H groups in total. The van der Waals surface area contributed by atoms with Crippen LogP contribution in [0, 0.1) is 11.7 Å². The van der Waals surface area contributed by atoms with Gasteiger partial charge in [0.2, 0.25) is 5.91 Å². The molecule has 5 heteroatoms. The zero-order valence-corrected chi connectivity index (χ0v) is 12.8. The van der Waals surface area contributed by atoms with Gasteiger partial charge in [0.05, 0.1) is 5.75 Å². The SMILES string of the molecule is CC(C)CCNC(=O)CSCc1ccc(Cl)cc1F. The number of carbonyl (C=O) groups excluding carboxylic acids is 1. The van der Waals surface area contributed by atoms with E-state index in [4.69, 9.17) is 11.6 Å². The second kappa shape index (κ2) is 8.43. The lowest BCUT2D eigenvalue weighted by Gasteiger charge is -2.07. The van der Waals surface area contributed by atoms with E-state index < -0.39 is 0 Å². The maximum absolute atomic E-state index is 13.5. The number of thioether (sulfide) groups is 1. The number of benzene rings is 1. The van der Waals surface area contributed by atoms with E-state index in [9.17, 15) is 9.18 Å². The van der Waals surface area contributed by atoms with E-state index in [1.54, 1.807) is 12.1 Å². The molecule has 0 atom stereocenters. The molecule has 0 aliphatic carbocycles. The van der Waals surface area contributed by atoms with Gasteiger partial charge in [-0.1, -0.05) is 31.5 Å². The molecule has 0 saturated carbocycles. The molecule has 0 heterocycles. The normalized spacial score (nSPS) is 10.8. The van der Waals surface area contributed by atoms with Crippen LogP contribution in [-0.4, -0.2) is 18.2 Å². The van der Waals surface area contributed by atoms with Crippen molar-refractivity contribution in [1.82, 2.24) is 5.32 Å². The summed E-state index contributed by atoms with van der Waals surface area (Å²) in [6.45, 7) is 4.93. The first-order valence-corrected chi connectivity index (χ1v) is 7.80. The zero-order valence-electron chi connectivity index (χ0n) is 11.2. The largest absolute Gasteiger partial charge is 0.355 e. The summed E-state index contributed by atoms with van der Waals surface area (Å²) in [4.78, 5) is 11.5. The molecule has 1 aromatic rings. The van der Waals surface area contributed by atoms with Gasteiger partial charge in [-0.15, -0.1) is 11.8 Å². The van der Waals surface area contributed by atoms with Gasteiger partial charge in [-0.05, 0) is 30.0 Å². The molecule has 19 heavy (non-hydrogen) atoms. The molecule has 106 valence electrons. The average Bonchev–Trinajstić information content (AvgIpc) is 2.31. The number of hydrogen-bond acceptors (Lipinski definition) is 2. The third-order valence-corrected chi connectivity index (χ3v) is 3.77. The summed E-state index contributed by atoms with van der Waals surface area (Å²) in [5.74, 6) is 1.08. The quantitative estimate of drug-likeness (QED) is 0.828. The Balaban J connectivity index is 2.24. The van der Waals surface area contributed by atoms with E-state index in [-0.39, 0.29) is 11.7 Å². The Morgan fingerprint density at radius 3 is 2.84 bits per heavy atom. The minimum atomic E-state index is -0.319. The van der Waals surface area contributed by atoms with Crippen LogP contribution in [0.5, 0.6) is 0 Å². The van der Waals surface area contributed by atoms with Crippen LogP contribution in [0.4, 0.5) is 4.39 Å². The molecular weight excluding hydrogens is 285 g/mol. The summed E-state index contributed by atoms with van der Waals surface area (Å²) >= 11 is 7.07. The molecule has 0 bridgehead atoms. The fraction of sp³-hybridized carbons (Fsp3) is 0.500. The fourth-order valence-electron chi connectivity index (χ4n) is 1.44. The number of carbonyl (C=O) groups is 1. The highest BCUT2D eigenvalue weighted by atomic mass is 35.5. The lowest BCUT2D eigenvalue weighted by Crippen LogP contribution is -2.26. The fourth-order valence-corrected chi connectivity index (χ4v) is 2.45. The molecule has 1 rings (SSSR count). The average molecular weight is 304 g/mol. The first-order chi connectivity index (χ1) is 8.99. The second-order valence-corrected chi connectivity index (χ2v) is 6.18. The molecule has 0 aliphatic heterocycles. The molecule has 0 aliphatic rings. The van der Waals surface area contributed by atoms with Gasteiger partial charge in [-0.25, -0.2) is 4.39 Å². The molecule has 1 aromatic carbocycles. The Morgan fingerprint density at radius 1 is 1.47 bits per heavy atom. The Morgan fingerprint density at radius 2 is 2.21 bits per heavy atom. The van der Waals surface area contributed by atoms with Crippen LogP contribution in [0.2, 0.25) is 5.02 Å². The van der Waals surface area contributed by atoms with Crippen LogP contribution in [0.25, 0.3) is 0 Å². The van der Waals surface area contributed by atoms with Crippen molar-refractivity contribution >= 4 is 29.3 Å². The van der Waals surface area contributed by atoms with Crippen LogP contribution in [0.15, 0.2) is 18.2 Å². The Hall–Kier alpha value is -0.740. The topological polar surface area (TPSA) is 29.1 Å². The smallest absolute Gasteiger partial charge is 0.230 e. The number of nitrogens with one attached hydrogen (secondary N) is 1. The lowest BCUT2D eigenvalue weighted by atomic mass is 10.1. The maximum Gasteiger partial charge on any atom is 0.230 e. The number of hydrogen-bond donors (Lipinski definition) is 1. The summed E-state index contributed by atoms with van der Waals surface area (Å²) < 4.78 is 13.5. The predicted octanol–water partition coefficient (Wildman–Crippen LogP) is 3.87. The van der Waals surface area contributed by atoms with E-state index in [2.05, 4.69) is 19.2 Å². The van der Waals surface area contributed by atoms with Gasteiger partial charge in [0.1, 0.15) is 5.82 Å². The molecule has 0 spiro atoms. The first-order valence-electron chi connectivity index (χ1n) is 6.27. The zero-order chi connectivity index (χ0) is 14.3. The summed E-state index contributed by atoms with van der Waals surface area (Å²) in [7, 11) is 0. The van der Waals surface area contributed by atoms with Gasteiger partial charge in [-0.2, -0.15) is 0 Å². The van der Waals surface area contributed by atoms with Crippen LogP contribution >= 0.6 is 23.4 Å². The van der Waals surface area contributed by atoms with E-state index in [0.717, 1.165) is 6.42 Å². The minimum absolute atomic E-state index is 0.0000201. The first kappa shape index (κ1) is 16.3.